The molecule has 0 aliphatic heterocycles. The topological polar surface area (TPSA) is 94.2 Å². The maximum Gasteiger partial charge on any atom is 0.347 e. The quantitative estimate of drug-likeness (QED) is 0.884. The Bertz CT molecular complexity index is 813. The second-order valence-electron chi connectivity index (χ2n) is 4.04. The fourth-order valence-electron chi connectivity index (χ4n) is 1.58. The smallest absolute Gasteiger partial charge is 0.347 e. The van der Waals surface area contributed by atoms with Gasteiger partial charge in [0, 0.05) is 20.3 Å². The summed E-state index contributed by atoms with van der Waals surface area (Å²) < 4.78 is 2.30. The molecule has 0 saturated carbocycles. The summed E-state index contributed by atoms with van der Waals surface area (Å²) in [4.78, 5) is 38.1. The molecule has 8 heteroatoms. The first-order valence-corrected chi connectivity index (χ1v) is 6.35. The summed E-state index contributed by atoms with van der Waals surface area (Å²) in [6, 6.07) is 0. The molecular formula is C12H11N3O4S. The van der Waals surface area contributed by atoms with Crippen LogP contribution in [0.4, 0.5) is 0 Å². The zero-order valence-corrected chi connectivity index (χ0v) is 11.5. The molecule has 20 heavy (non-hydrogen) atoms. The van der Waals surface area contributed by atoms with E-state index in [9.17, 15) is 14.4 Å². The van der Waals surface area contributed by atoms with Crippen molar-refractivity contribution in [3.63, 3.8) is 0 Å². The van der Waals surface area contributed by atoms with E-state index in [4.69, 9.17) is 5.11 Å². The molecule has 0 radical (unpaired) electrons. The van der Waals surface area contributed by atoms with E-state index in [0.717, 1.165) is 15.9 Å². The van der Waals surface area contributed by atoms with Crippen LogP contribution < -0.4 is 11.2 Å². The molecule has 1 N–H and O–H groups in total. The Hall–Kier alpha value is -2.48. The van der Waals surface area contributed by atoms with Gasteiger partial charge >= 0.3 is 11.7 Å². The minimum Gasteiger partial charge on any atom is -0.477 e. The first-order valence-electron chi connectivity index (χ1n) is 5.54. The van der Waals surface area contributed by atoms with Crippen LogP contribution in [0, 0.1) is 0 Å². The second-order valence-corrected chi connectivity index (χ2v) is 5.11. The van der Waals surface area contributed by atoms with Gasteiger partial charge in [0.15, 0.2) is 0 Å². The Labute approximate surface area is 117 Å². The maximum atomic E-state index is 11.9. The molecule has 0 amide bonds. The fraction of sp³-hybridized carbons (Fsp3) is 0.167. The lowest BCUT2D eigenvalue weighted by Crippen LogP contribution is -2.37. The van der Waals surface area contributed by atoms with Gasteiger partial charge in [0.1, 0.15) is 9.88 Å². The number of aromatic nitrogens is 3. The van der Waals surface area contributed by atoms with Gasteiger partial charge in [-0.25, -0.2) is 14.6 Å². The van der Waals surface area contributed by atoms with Crippen molar-refractivity contribution in [1.29, 1.82) is 0 Å². The van der Waals surface area contributed by atoms with Crippen molar-refractivity contribution in [1.82, 2.24) is 14.1 Å². The highest BCUT2D eigenvalue weighted by atomic mass is 32.1. The molecule has 0 fully saturated rings. The van der Waals surface area contributed by atoms with Crippen molar-refractivity contribution in [2.45, 2.75) is 0 Å². The molecular weight excluding hydrogens is 282 g/mol. The third-order valence-electron chi connectivity index (χ3n) is 2.61. The zero-order valence-electron chi connectivity index (χ0n) is 10.7. The first-order chi connectivity index (χ1) is 9.40. The van der Waals surface area contributed by atoms with E-state index in [1.807, 2.05) is 0 Å². The van der Waals surface area contributed by atoms with Crippen molar-refractivity contribution in [3.8, 4) is 0 Å². The van der Waals surface area contributed by atoms with Gasteiger partial charge in [-0.3, -0.25) is 9.36 Å². The highest BCUT2D eigenvalue weighted by Gasteiger charge is 2.07. The van der Waals surface area contributed by atoms with Gasteiger partial charge in [-0.15, -0.1) is 11.3 Å². The van der Waals surface area contributed by atoms with Crippen molar-refractivity contribution in [3.05, 3.63) is 48.7 Å². The van der Waals surface area contributed by atoms with Crippen LogP contribution in [0.1, 0.15) is 20.2 Å². The molecule has 0 aromatic carbocycles. The fourth-order valence-corrected chi connectivity index (χ4v) is 2.23. The minimum absolute atomic E-state index is 0.123. The molecule has 2 heterocycles. The molecule has 7 nitrogen and oxygen atoms in total. The van der Waals surface area contributed by atoms with E-state index in [0.29, 0.717) is 10.6 Å². The van der Waals surface area contributed by atoms with Crippen LogP contribution in [0.15, 0.2) is 22.0 Å². The van der Waals surface area contributed by atoms with Crippen LogP contribution in [0.2, 0.25) is 0 Å². The summed E-state index contributed by atoms with van der Waals surface area (Å²) in [5.74, 6) is -1.04. The number of aromatic carboxylic acids is 1. The Kier molecular flexibility index (Phi) is 3.66. The van der Waals surface area contributed by atoms with E-state index in [-0.39, 0.29) is 4.88 Å². The number of hydrogen-bond donors (Lipinski definition) is 1. The van der Waals surface area contributed by atoms with Crippen LogP contribution in [-0.4, -0.2) is 25.2 Å². The van der Waals surface area contributed by atoms with E-state index in [1.54, 1.807) is 7.05 Å². The summed E-state index contributed by atoms with van der Waals surface area (Å²) in [7, 11) is 2.94. The number of aryl methyl sites for hydroxylation is 1. The molecule has 0 saturated heterocycles. The van der Waals surface area contributed by atoms with Crippen molar-refractivity contribution in [2.24, 2.45) is 14.1 Å². The zero-order chi connectivity index (χ0) is 14.9. The van der Waals surface area contributed by atoms with E-state index in [2.05, 4.69) is 4.98 Å². The highest BCUT2D eigenvalue weighted by Crippen LogP contribution is 2.15. The van der Waals surface area contributed by atoms with Gasteiger partial charge in [-0.05, 0) is 12.2 Å². The molecule has 0 bridgehead atoms. The van der Waals surface area contributed by atoms with Gasteiger partial charge in [0.05, 0.1) is 11.8 Å². The van der Waals surface area contributed by atoms with Crippen molar-refractivity contribution in [2.75, 3.05) is 0 Å². The first kappa shape index (κ1) is 13.9. The third-order valence-corrected chi connectivity index (χ3v) is 3.56. The molecule has 104 valence electrons. The van der Waals surface area contributed by atoms with Crippen LogP contribution >= 0.6 is 11.3 Å². The molecule has 2 rings (SSSR count). The summed E-state index contributed by atoms with van der Waals surface area (Å²) >= 11 is 1.00. The van der Waals surface area contributed by atoms with Crippen molar-refractivity contribution < 1.29 is 9.90 Å². The lowest BCUT2D eigenvalue weighted by Gasteiger charge is -2.02. The summed E-state index contributed by atoms with van der Waals surface area (Å²) in [6.07, 6.45) is 5.73. The Balaban J connectivity index is 2.39. The molecule has 0 atom stereocenters. The number of carboxylic acid groups (broad SMARTS) is 1. The van der Waals surface area contributed by atoms with E-state index < -0.39 is 17.2 Å². The molecule has 2 aromatic heterocycles. The number of carboxylic acids is 1. The second kappa shape index (κ2) is 5.25. The average molecular weight is 293 g/mol. The van der Waals surface area contributed by atoms with Gasteiger partial charge in [0.25, 0.3) is 5.56 Å². The monoisotopic (exact) mass is 293 g/mol. The minimum atomic E-state index is -1.04. The molecule has 0 unspecified atom stereocenters. The summed E-state index contributed by atoms with van der Waals surface area (Å²) in [5.41, 5.74) is -0.504. The van der Waals surface area contributed by atoms with Crippen molar-refractivity contribution >= 4 is 29.5 Å². The predicted octanol–water partition coefficient (Wildman–Crippen LogP) is 0.409. The number of nitrogens with zero attached hydrogens (tertiary/aromatic N) is 3. The van der Waals surface area contributed by atoms with E-state index in [1.165, 1.54) is 36.2 Å². The standard InChI is InChI=1S/C12H11N3O4S/c1-14-6-7(10(16)15(2)12(14)19)3-4-9-13-5-8(20-9)11(17)18/h3-6H,1-2H3,(H,17,18)/b4-3+. The number of thiazole rings is 1. The van der Waals surface area contributed by atoms with Crippen LogP contribution in [-0.2, 0) is 14.1 Å². The average Bonchev–Trinajstić information content (AvgIpc) is 2.88. The Morgan fingerprint density at radius 3 is 2.65 bits per heavy atom. The highest BCUT2D eigenvalue weighted by molar-refractivity contribution is 7.14. The predicted molar refractivity (Wildman–Crippen MR) is 74.9 cm³/mol. The lowest BCUT2D eigenvalue weighted by molar-refractivity contribution is 0.0702. The number of hydrogen-bond acceptors (Lipinski definition) is 5. The van der Waals surface area contributed by atoms with Gasteiger partial charge < -0.3 is 9.67 Å². The number of rotatable bonds is 3. The summed E-state index contributed by atoms with van der Waals surface area (Å²) in [6.45, 7) is 0. The lowest BCUT2D eigenvalue weighted by atomic mass is 10.3. The van der Waals surface area contributed by atoms with Crippen LogP contribution in [0.5, 0.6) is 0 Å². The molecule has 0 aliphatic carbocycles. The van der Waals surface area contributed by atoms with Crippen LogP contribution in [0.25, 0.3) is 12.2 Å². The Morgan fingerprint density at radius 2 is 2.05 bits per heavy atom. The molecule has 0 spiro atoms. The SMILES string of the molecule is Cn1cc(/C=C/c2ncc(C(=O)O)s2)c(=O)n(C)c1=O. The molecule has 2 aromatic rings. The third kappa shape index (κ3) is 2.59. The largest absolute Gasteiger partial charge is 0.477 e. The van der Waals surface area contributed by atoms with Gasteiger partial charge in [0.2, 0.25) is 0 Å². The normalized spacial score (nSPS) is 11.1. The Morgan fingerprint density at radius 1 is 1.35 bits per heavy atom. The number of carbonyl (C=O) groups is 1. The van der Waals surface area contributed by atoms with Crippen LogP contribution in [0.3, 0.4) is 0 Å². The van der Waals surface area contributed by atoms with Gasteiger partial charge in [-0.2, -0.15) is 0 Å². The molecule has 0 aliphatic rings. The maximum absolute atomic E-state index is 11.9. The van der Waals surface area contributed by atoms with Gasteiger partial charge in [-0.1, -0.05) is 0 Å². The van der Waals surface area contributed by atoms with E-state index >= 15 is 0 Å². The summed E-state index contributed by atoms with van der Waals surface area (Å²) in [5, 5.41) is 9.26.